The molecule has 1 heterocycles. The molecule has 1 fully saturated rings. The summed E-state index contributed by atoms with van der Waals surface area (Å²) in [7, 11) is -4.05. The number of epoxide rings is 1. The first-order valence-corrected chi connectivity index (χ1v) is 11.4. The van der Waals surface area contributed by atoms with Gasteiger partial charge in [-0.05, 0) is 27.2 Å². The Balaban J connectivity index is 0. The average Bonchev–Trinajstić information content (AvgIpc) is 3.50. The Morgan fingerprint density at radius 1 is 0.906 bits per heavy atom. The van der Waals surface area contributed by atoms with Gasteiger partial charge >= 0.3 is 17.9 Å². The summed E-state index contributed by atoms with van der Waals surface area (Å²) in [5.74, 6) is -1.88. The van der Waals surface area contributed by atoms with E-state index < -0.39 is 21.8 Å². The number of esters is 3. The van der Waals surface area contributed by atoms with Crippen LogP contribution < -0.4 is 0 Å². The van der Waals surface area contributed by atoms with Gasteiger partial charge in [0.25, 0.3) is 10.1 Å². The van der Waals surface area contributed by atoms with Gasteiger partial charge in [0.05, 0.1) is 13.2 Å². The van der Waals surface area contributed by atoms with E-state index in [0.29, 0.717) is 31.0 Å². The van der Waals surface area contributed by atoms with Crippen molar-refractivity contribution in [1.82, 2.24) is 0 Å². The third-order valence-corrected chi connectivity index (χ3v) is 3.84. The number of carbonyl (C=O) groups excluding carboxylic acids is 3. The highest BCUT2D eigenvalue weighted by Gasteiger charge is 2.24. The van der Waals surface area contributed by atoms with Crippen LogP contribution in [-0.4, -0.2) is 69.2 Å². The maximum Gasteiger partial charge on any atom is 0.333 e. The zero-order valence-electron chi connectivity index (χ0n) is 19.2. The molecule has 0 radical (unpaired) electrons. The predicted octanol–water partition coefficient (Wildman–Crippen LogP) is 2.40. The van der Waals surface area contributed by atoms with E-state index in [0.717, 1.165) is 12.8 Å². The van der Waals surface area contributed by atoms with Crippen molar-refractivity contribution in [2.45, 2.75) is 46.6 Å². The third kappa shape index (κ3) is 22.2. The molecule has 0 aliphatic carbocycles. The maximum atomic E-state index is 10.7. The first-order valence-electron chi connectivity index (χ1n) is 9.75. The minimum atomic E-state index is -4.05. The van der Waals surface area contributed by atoms with E-state index in [4.69, 9.17) is 18.8 Å². The lowest BCUT2D eigenvalue weighted by Crippen LogP contribution is -2.14. The van der Waals surface area contributed by atoms with Crippen molar-refractivity contribution < 1.29 is 46.3 Å². The Labute approximate surface area is 190 Å². The molecule has 0 aromatic heterocycles. The molecule has 1 rings (SSSR count). The molecule has 32 heavy (non-hydrogen) atoms. The van der Waals surface area contributed by atoms with Gasteiger partial charge in [0.15, 0.2) is 0 Å². The largest absolute Gasteiger partial charge is 0.462 e. The first-order chi connectivity index (χ1) is 14.7. The Morgan fingerprint density at radius 3 is 1.66 bits per heavy atom. The van der Waals surface area contributed by atoms with E-state index in [1.54, 1.807) is 13.8 Å². The topological polar surface area (TPSA) is 146 Å². The summed E-state index contributed by atoms with van der Waals surface area (Å²) >= 11 is 0. The molecule has 0 amide bonds. The Kier molecular flexibility index (Phi) is 16.9. The molecular formula is C21H34O10S. The van der Waals surface area contributed by atoms with Crippen LogP contribution in [0.15, 0.2) is 36.5 Å². The van der Waals surface area contributed by atoms with Crippen LogP contribution in [0.2, 0.25) is 0 Å². The van der Waals surface area contributed by atoms with E-state index in [-0.39, 0.29) is 30.2 Å². The van der Waals surface area contributed by atoms with Crippen molar-refractivity contribution in [3.63, 3.8) is 0 Å². The van der Waals surface area contributed by atoms with E-state index in [2.05, 4.69) is 31.4 Å². The summed E-state index contributed by atoms with van der Waals surface area (Å²) in [6, 6.07) is 0. The number of hydrogen-bond acceptors (Lipinski definition) is 9. The fourth-order valence-electron chi connectivity index (χ4n) is 1.25. The van der Waals surface area contributed by atoms with Crippen LogP contribution in [0.3, 0.4) is 0 Å². The molecule has 1 saturated heterocycles. The van der Waals surface area contributed by atoms with E-state index in [1.807, 2.05) is 0 Å². The molecule has 1 aliphatic rings. The summed E-state index contributed by atoms with van der Waals surface area (Å²) in [5, 5.41) is 0. The lowest BCUT2D eigenvalue weighted by molar-refractivity contribution is -0.140. The molecule has 0 spiro atoms. The minimum absolute atomic E-state index is 0.142. The van der Waals surface area contributed by atoms with Gasteiger partial charge in [-0.25, -0.2) is 14.4 Å². The average molecular weight is 479 g/mol. The fourth-order valence-corrected chi connectivity index (χ4v) is 1.55. The lowest BCUT2D eigenvalue weighted by atomic mass is 10.3. The van der Waals surface area contributed by atoms with Crippen molar-refractivity contribution in [1.29, 1.82) is 0 Å². The number of unbranched alkanes of at least 4 members (excludes halogenated alkanes) is 1. The lowest BCUT2D eigenvalue weighted by Gasteiger charge is -2.01. The highest BCUT2D eigenvalue weighted by molar-refractivity contribution is 7.85. The summed E-state index contributed by atoms with van der Waals surface area (Å²) in [5.41, 5.74) is 1.09. The molecule has 1 unspecified atom stereocenters. The second-order valence-electron chi connectivity index (χ2n) is 6.81. The number of carbonyl (C=O) groups is 3. The highest BCUT2D eigenvalue weighted by atomic mass is 32.2. The molecule has 0 bridgehead atoms. The fraction of sp³-hybridized carbons (Fsp3) is 0.571. The van der Waals surface area contributed by atoms with Gasteiger partial charge in [0.2, 0.25) is 0 Å². The molecule has 0 aromatic rings. The van der Waals surface area contributed by atoms with E-state index in [1.165, 1.54) is 6.92 Å². The standard InChI is InChI=1S/C8H14O2.C7H10O3.C6H10O5S/c1-4-5-6-10-8(9)7(2)3;1-5(2)7(8)10-4-6-3-9-6;1-5(2)6(7)11-3-4-12(8,9)10/h2,4-6H2,1,3H3;6H,1,3-4H2,2H3;1,3-4H2,2H3,(H,8,9,10). The van der Waals surface area contributed by atoms with Crippen molar-refractivity contribution in [2.75, 3.05) is 32.2 Å². The van der Waals surface area contributed by atoms with Crippen LogP contribution in [0.5, 0.6) is 0 Å². The second kappa shape index (κ2) is 17.1. The molecule has 1 aliphatic heterocycles. The SMILES string of the molecule is C=C(C)C(=O)OCC1CO1.C=C(C)C(=O)OCCCC.C=C(C)C(=O)OCCS(=O)(=O)O. The molecule has 1 N–H and O–H groups in total. The number of ether oxygens (including phenoxy) is 4. The zero-order valence-corrected chi connectivity index (χ0v) is 20.0. The summed E-state index contributed by atoms with van der Waals surface area (Å²) in [6.45, 7) is 18.2. The van der Waals surface area contributed by atoms with Crippen LogP contribution >= 0.6 is 0 Å². The molecule has 184 valence electrons. The summed E-state index contributed by atoms with van der Waals surface area (Å²) in [4.78, 5) is 32.0. The van der Waals surface area contributed by atoms with Crippen molar-refractivity contribution in [3.05, 3.63) is 36.5 Å². The smallest absolute Gasteiger partial charge is 0.333 e. The van der Waals surface area contributed by atoms with Crippen LogP contribution in [0, 0.1) is 0 Å². The highest BCUT2D eigenvalue weighted by Crippen LogP contribution is 2.09. The monoisotopic (exact) mass is 478 g/mol. The van der Waals surface area contributed by atoms with Crippen LogP contribution in [-0.2, 0) is 43.4 Å². The van der Waals surface area contributed by atoms with E-state index >= 15 is 0 Å². The van der Waals surface area contributed by atoms with Gasteiger partial charge in [-0.1, -0.05) is 33.1 Å². The zero-order chi connectivity index (χ0) is 25.3. The summed E-state index contributed by atoms with van der Waals surface area (Å²) in [6.07, 6.45) is 2.12. The minimum Gasteiger partial charge on any atom is -0.462 e. The van der Waals surface area contributed by atoms with Gasteiger partial charge in [-0.2, -0.15) is 8.42 Å². The van der Waals surface area contributed by atoms with Gasteiger partial charge in [0, 0.05) is 16.7 Å². The number of rotatable bonds is 11. The van der Waals surface area contributed by atoms with E-state index in [9.17, 15) is 22.8 Å². The molecule has 1 atom stereocenters. The van der Waals surface area contributed by atoms with Gasteiger partial charge in [0.1, 0.15) is 25.1 Å². The van der Waals surface area contributed by atoms with Crippen LogP contribution in [0.4, 0.5) is 0 Å². The van der Waals surface area contributed by atoms with Crippen LogP contribution in [0.25, 0.3) is 0 Å². The summed E-state index contributed by atoms with van der Waals surface area (Å²) < 4.78 is 47.3. The number of hydrogen-bond donors (Lipinski definition) is 1. The Morgan fingerprint density at radius 2 is 1.31 bits per heavy atom. The molecular weight excluding hydrogens is 444 g/mol. The molecule has 0 saturated carbocycles. The first kappa shape index (κ1) is 31.7. The quantitative estimate of drug-likeness (QED) is 0.117. The van der Waals surface area contributed by atoms with Crippen molar-refractivity contribution in [2.24, 2.45) is 0 Å². The second-order valence-corrected chi connectivity index (χ2v) is 8.38. The maximum absolute atomic E-state index is 10.7. The van der Waals surface area contributed by atoms with Crippen molar-refractivity contribution in [3.8, 4) is 0 Å². The Hall–Kier alpha value is -2.50. The normalized spacial score (nSPS) is 13.7. The Bertz CT molecular complexity index is 763. The van der Waals surface area contributed by atoms with Gasteiger partial charge in [-0.15, -0.1) is 0 Å². The molecule has 10 nitrogen and oxygen atoms in total. The van der Waals surface area contributed by atoms with Gasteiger partial charge in [-0.3, -0.25) is 4.55 Å². The molecule has 11 heteroatoms. The third-order valence-electron chi connectivity index (χ3n) is 3.15. The van der Waals surface area contributed by atoms with Crippen molar-refractivity contribution >= 4 is 28.0 Å². The molecule has 0 aromatic carbocycles. The van der Waals surface area contributed by atoms with Gasteiger partial charge < -0.3 is 18.9 Å². The van der Waals surface area contributed by atoms with Crippen LogP contribution in [0.1, 0.15) is 40.5 Å². The predicted molar refractivity (Wildman–Crippen MR) is 118 cm³/mol.